The molecule has 1 saturated carbocycles. The summed E-state index contributed by atoms with van der Waals surface area (Å²) in [5, 5.41) is 13.5. The van der Waals surface area contributed by atoms with E-state index in [-0.39, 0.29) is 0 Å². The van der Waals surface area contributed by atoms with Crippen molar-refractivity contribution >= 4 is 5.97 Å². The summed E-state index contributed by atoms with van der Waals surface area (Å²) >= 11 is 0. The van der Waals surface area contributed by atoms with Gasteiger partial charge in [-0.3, -0.25) is 10.1 Å². The lowest BCUT2D eigenvalue weighted by Crippen LogP contribution is -2.63. The average molecular weight is 280 g/mol. The quantitative estimate of drug-likeness (QED) is 0.779. The highest BCUT2D eigenvalue weighted by Gasteiger charge is 2.51. The fraction of sp³-hybridized carbons (Fsp3) is 0.938. The van der Waals surface area contributed by atoms with Gasteiger partial charge in [-0.05, 0) is 45.6 Å². The maximum atomic E-state index is 12.0. The van der Waals surface area contributed by atoms with Gasteiger partial charge in [0, 0.05) is 18.1 Å². The first-order chi connectivity index (χ1) is 9.61. The van der Waals surface area contributed by atoms with Crippen LogP contribution in [0.3, 0.4) is 0 Å². The zero-order chi connectivity index (χ0) is 14.2. The topological polar surface area (TPSA) is 52.6 Å². The standard InChI is InChI=1S/C16H28N2O2/c1-18-13-8-9-14(18)11-16(10-13,15(19)20)17-12-6-4-2-3-5-7-12/h12-14,17H,2-11H2,1H3,(H,19,20). The van der Waals surface area contributed by atoms with E-state index < -0.39 is 11.5 Å². The van der Waals surface area contributed by atoms with Gasteiger partial charge >= 0.3 is 5.97 Å². The lowest BCUT2D eigenvalue weighted by molar-refractivity contribution is -0.149. The second-order valence-corrected chi connectivity index (χ2v) is 7.18. The molecule has 3 rings (SSSR count). The SMILES string of the molecule is CN1C2CCC1CC(NC1CCCCCC1)(C(=O)O)C2. The number of aliphatic carboxylic acids is 1. The summed E-state index contributed by atoms with van der Waals surface area (Å²) < 4.78 is 0. The Kier molecular flexibility index (Phi) is 4.04. The molecular weight excluding hydrogens is 252 g/mol. The van der Waals surface area contributed by atoms with E-state index in [0.29, 0.717) is 18.1 Å². The van der Waals surface area contributed by atoms with Crippen molar-refractivity contribution in [3.63, 3.8) is 0 Å². The second-order valence-electron chi connectivity index (χ2n) is 7.18. The molecule has 3 fully saturated rings. The Morgan fingerprint density at radius 3 is 2.10 bits per heavy atom. The first-order valence-corrected chi connectivity index (χ1v) is 8.34. The molecular formula is C16H28N2O2. The molecule has 4 nitrogen and oxygen atoms in total. The summed E-state index contributed by atoms with van der Waals surface area (Å²) in [5.41, 5.74) is -0.659. The van der Waals surface area contributed by atoms with Gasteiger partial charge in [-0.25, -0.2) is 0 Å². The molecule has 2 atom stereocenters. The highest BCUT2D eigenvalue weighted by molar-refractivity contribution is 5.79. The Labute approximate surface area is 121 Å². The van der Waals surface area contributed by atoms with Gasteiger partial charge in [0.15, 0.2) is 0 Å². The van der Waals surface area contributed by atoms with Gasteiger partial charge in [0.2, 0.25) is 0 Å². The van der Waals surface area contributed by atoms with Gasteiger partial charge in [0.1, 0.15) is 5.54 Å². The van der Waals surface area contributed by atoms with Crippen molar-refractivity contribution in [2.45, 2.75) is 87.9 Å². The third-order valence-corrected chi connectivity index (χ3v) is 5.90. The van der Waals surface area contributed by atoms with Gasteiger partial charge in [0.25, 0.3) is 0 Å². The predicted molar refractivity (Wildman–Crippen MR) is 78.8 cm³/mol. The maximum absolute atomic E-state index is 12.0. The van der Waals surface area contributed by atoms with E-state index in [0.717, 1.165) is 25.7 Å². The molecule has 0 spiro atoms. The second kappa shape index (κ2) is 5.64. The first-order valence-electron chi connectivity index (χ1n) is 8.34. The minimum Gasteiger partial charge on any atom is -0.480 e. The molecule has 0 radical (unpaired) electrons. The van der Waals surface area contributed by atoms with Crippen LogP contribution in [0.15, 0.2) is 0 Å². The zero-order valence-electron chi connectivity index (χ0n) is 12.6. The Balaban J connectivity index is 1.73. The summed E-state index contributed by atoms with van der Waals surface area (Å²) in [6.07, 6.45) is 11.3. The highest BCUT2D eigenvalue weighted by atomic mass is 16.4. The summed E-state index contributed by atoms with van der Waals surface area (Å²) in [5.74, 6) is -0.619. The lowest BCUT2D eigenvalue weighted by atomic mass is 9.81. The van der Waals surface area contributed by atoms with E-state index in [1.54, 1.807) is 0 Å². The summed E-state index contributed by atoms with van der Waals surface area (Å²) in [7, 11) is 2.17. The van der Waals surface area contributed by atoms with Crippen molar-refractivity contribution in [2.24, 2.45) is 0 Å². The lowest BCUT2D eigenvalue weighted by Gasteiger charge is -2.44. The van der Waals surface area contributed by atoms with Crippen molar-refractivity contribution in [3.8, 4) is 0 Å². The van der Waals surface area contributed by atoms with Crippen LogP contribution >= 0.6 is 0 Å². The molecule has 4 heteroatoms. The zero-order valence-corrected chi connectivity index (χ0v) is 12.6. The maximum Gasteiger partial charge on any atom is 0.324 e. The van der Waals surface area contributed by atoms with E-state index in [1.807, 2.05) is 0 Å². The number of carboxylic acids is 1. The number of rotatable bonds is 3. The van der Waals surface area contributed by atoms with Gasteiger partial charge < -0.3 is 10.0 Å². The molecule has 1 aliphatic carbocycles. The van der Waals surface area contributed by atoms with Crippen LogP contribution in [0.1, 0.15) is 64.2 Å². The van der Waals surface area contributed by atoms with Gasteiger partial charge in [0.05, 0.1) is 0 Å². The normalized spacial score (nSPS) is 39.6. The molecule has 0 aromatic carbocycles. The molecule has 2 heterocycles. The largest absolute Gasteiger partial charge is 0.480 e. The fourth-order valence-corrected chi connectivity index (χ4v) is 4.64. The van der Waals surface area contributed by atoms with Crippen LogP contribution in [0.25, 0.3) is 0 Å². The molecule has 2 saturated heterocycles. The number of hydrogen-bond donors (Lipinski definition) is 2. The molecule has 20 heavy (non-hydrogen) atoms. The van der Waals surface area contributed by atoms with Crippen LogP contribution in [0.5, 0.6) is 0 Å². The molecule has 114 valence electrons. The minimum absolute atomic E-state index is 0.413. The van der Waals surface area contributed by atoms with Gasteiger partial charge in [-0.15, -0.1) is 0 Å². The van der Waals surface area contributed by atoms with E-state index in [9.17, 15) is 9.90 Å². The Bertz CT molecular complexity index is 349. The average Bonchev–Trinajstić information content (AvgIpc) is 2.67. The molecule has 2 N–H and O–H groups in total. The predicted octanol–water partition coefficient (Wildman–Crippen LogP) is 2.38. The van der Waals surface area contributed by atoms with Crippen molar-refractivity contribution in [3.05, 3.63) is 0 Å². The third-order valence-electron chi connectivity index (χ3n) is 5.90. The van der Waals surface area contributed by atoms with Crippen LogP contribution in [-0.4, -0.2) is 46.7 Å². The molecule has 2 bridgehead atoms. The van der Waals surface area contributed by atoms with E-state index in [4.69, 9.17) is 0 Å². The van der Waals surface area contributed by atoms with Crippen LogP contribution in [0.2, 0.25) is 0 Å². The number of fused-ring (bicyclic) bond motifs is 2. The molecule has 2 unspecified atom stereocenters. The number of nitrogens with zero attached hydrogens (tertiary/aromatic N) is 1. The fourth-order valence-electron chi connectivity index (χ4n) is 4.64. The third kappa shape index (κ3) is 2.60. The van der Waals surface area contributed by atoms with E-state index in [1.165, 1.54) is 38.5 Å². The van der Waals surface area contributed by atoms with Crippen molar-refractivity contribution < 1.29 is 9.90 Å². The molecule has 0 amide bonds. The van der Waals surface area contributed by atoms with E-state index in [2.05, 4.69) is 17.3 Å². The molecule has 0 aromatic heterocycles. The van der Waals surface area contributed by atoms with Gasteiger partial charge in [-0.1, -0.05) is 25.7 Å². The van der Waals surface area contributed by atoms with Crippen LogP contribution < -0.4 is 5.32 Å². The Morgan fingerprint density at radius 2 is 1.60 bits per heavy atom. The highest BCUT2D eigenvalue weighted by Crippen LogP contribution is 2.40. The number of carboxylic acid groups (broad SMARTS) is 1. The first kappa shape index (κ1) is 14.3. The van der Waals surface area contributed by atoms with Crippen molar-refractivity contribution in [2.75, 3.05) is 7.05 Å². The molecule has 3 aliphatic rings. The molecule has 0 aromatic rings. The number of hydrogen-bond acceptors (Lipinski definition) is 3. The Morgan fingerprint density at radius 1 is 1.05 bits per heavy atom. The summed E-state index contributed by atoms with van der Waals surface area (Å²) in [4.78, 5) is 14.4. The summed E-state index contributed by atoms with van der Waals surface area (Å²) in [6, 6.07) is 1.34. The van der Waals surface area contributed by atoms with Crippen molar-refractivity contribution in [1.82, 2.24) is 10.2 Å². The Hall–Kier alpha value is -0.610. The van der Waals surface area contributed by atoms with Crippen LogP contribution in [0, 0.1) is 0 Å². The number of carbonyl (C=O) groups is 1. The minimum atomic E-state index is -0.659. The van der Waals surface area contributed by atoms with Crippen LogP contribution in [-0.2, 0) is 4.79 Å². The van der Waals surface area contributed by atoms with Crippen molar-refractivity contribution in [1.29, 1.82) is 0 Å². The number of piperidine rings is 1. The van der Waals surface area contributed by atoms with Crippen LogP contribution in [0.4, 0.5) is 0 Å². The number of nitrogens with one attached hydrogen (secondary N) is 1. The van der Waals surface area contributed by atoms with Gasteiger partial charge in [-0.2, -0.15) is 0 Å². The smallest absolute Gasteiger partial charge is 0.324 e. The van der Waals surface area contributed by atoms with E-state index >= 15 is 0 Å². The monoisotopic (exact) mass is 280 g/mol. The molecule has 2 aliphatic heterocycles. The summed E-state index contributed by atoms with van der Waals surface area (Å²) in [6.45, 7) is 0.